The van der Waals surface area contributed by atoms with Crippen molar-refractivity contribution < 1.29 is 9.90 Å². The summed E-state index contributed by atoms with van der Waals surface area (Å²) in [6.07, 6.45) is 9.62. The molecular formula is C17H22O2. The largest absolute Gasteiger partial charge is 0.478 e. The van der Waals surface area contributed by atoms with Crippen LogP contribution in [-0.4, -0.2) is 11.1 Å². The van der Waals surface area contributed by atoms with Crippen LogP contribution in [0.4, 0.5) is 0 Å². The summed E-state index contributed by atoms with van der Waals surface area (Å²) in [7, 11) is 0. The maximum Gasteiger partial charge on any atom is 0.335 e. The third kappa shape index (κ3) is 2.99. The molecule has 1 aromatic carbocycles. The molecule has 2 heteroatoms. The van der Waals surface area contributed by atoms with E-state index in [9.17, 15) is 4.79 Å². The second kappa shape index (κ2) is 5.36. The van der Waals surface area contributed by atoms with Crippen LogP contribution in [0.2, 0.25) is 0 Å². The highest BCUT2D eigenvalue weighted by molar-refractivity contribution is 5.87. The van der Waals surface area contributed by atoms with Crippen molar-refractivity contribution in [2.75, 3.05) is 0 Å². The van der Waals surface area contributed by atoms with Crippen LogP contribution < -0.4 is 0 Å². The first-order valence-corrected chi connectivity index (χ1v) is 7.49. The Morgan fingerprint density at radius 3 is 1.42 bits per heavy atom. The van der Waals surface area contributed by atoms with Gasteiger partial charge >= 0.3 is 5.97 Å². The summed E-state index contributed by atoms with van der Waals surface area (Å²) >= 11 is 0. The van der Waals surface area contributed by atoms with Gasteiger partial charge in [-0.05, 0) is 74.3 Å². The minimum absolute atomic E-state index is 0.331. The van der Waals surface area contributed by atoms with E-state index in [0.717, 1.165) is 0 Å². The Bertz CT molecular complexity index is 381. The van der Waals surface area contributed by atoms with Crippen LogP contribution in [0.25, 0.3) is 0 Å². The Labute approximate surface area is 114 Å². The molecule has 4 aliphatic carbocycles. The van der Waals surface area contributed by atoms with Gasteiger partial charge in [0.1, 0.15) is 0 Å². The Morgan fingerprint density at radius 2 is 1.16 bits per heavy atom. The molecule has 0 unspecified atom stereocenters. The molecule has 0 aliphatic heterocycles. The van der Waals surface area contributed by atoms with Crippen LogP contribution in [0.15, 0.2) is 30.3 Å². The molecule has 19 heavy (non-hydrogen) atoms. The van der Waals surface area contributed by atoms with Gasteiger partial charge in [-0.1, -0.05) is 18.2 Å². The van der Waals surface area contributed by atoms with Crippen molar-refractivity contribution in [2.45, 2.75) is 38.5 Å². The second-order valence-electron chi connectivity index (χ2n) is 6.55. The second-order valence-corrected chi connectivity index (χ2v) is 6.55. The van der Waals surface area contributed by atoms with Crippen LogP contribution >= 0.6 is 0 Å². The van der Waals surface area contributed by atoms with Gasteiger partial charge in [-0.3, -0.25) is 0 Å². The van der Waals surface area contributed by atoms with Gasteiger partial charge in [-0.2, -0.15) is 0 Å². The van der Waals surface area contributed by atoms with Crippen molar-refractivity contribution in [3.63, 3.8) is 0 Å². The predicted octanol–water partition coefficient (Wildman–Crippen LogP) is 4.22. The Kier molecular flexibility index (Phi) is 3.58. The van der Waals surface area contributed by atoms with Gasteiger partial charge in [0.15, 0.2) is 0 Å². The predicted molar refractivity (Wildman–Crippen MR) is 75.1 cm³/mol. The molecule has 4 fully saturated rings. The van der Waals surface area contributed by atoms with Gasteiger partial charge < -0.3 is 5.11 Å². The molecule has 4 aliphatic rings. The number of hydrogen-bond acceptors (Lipinski definition) is 1. The van der Waals surface area contributed by atoms with Gasteiger partial charge in [0, 0.05) is 0 Å². The molecular weight excluding hydrogens is 236 g/mol. The lowest BCUT2D eigenvalue weighted by molar-refractivity contribution is 0.0198. The van der Waals surface area contributed by atoms with Crippen LogP contribution in [-0.2, 0) is 0 Å². The summed E-state index contributed by atoms with van der Waals surface area (Å²) < 4.78 is 0. The number of carbonyl (C=O) groups is 1. The normalized spacial score (nSPS) is 34.5. The molecule has 4 saturated carbocycles. The fraction of sp³-hybridized carbons (Fsp3) is 0.588. The fourth-order valence-corrected chi connectivity index (χ4v) is 4.56. The smallest absolute Gasteiger partial charge is 0.335 e. The lowest BCUT2D eigenvalue weighted by atomic mass is 9.56. The first kappa shape index (κ1) is 12.7. The zero-order valence-electron chi connectivity index (χ0n) is 11.3. The number of hydrogen-bond donors (Lipinski definition) is 1. The van der Waals surface area contributed by atoms with Crippen LogP contribution in [0.3, 0.4) is 0 Å². The molecule has 0 heterocycles. The van der Waals surface area contributed by atoms with E-state index in [0.29, 0.717) is 5.56 Å². The number of carboxylic acids is 1. The van der Waals surface area contributed by atoms with Gasteiger partial charge in [0.25, 0.3) is 0 Å². The van der Waals surface area contributed by atoms with Gasteiger partial charge in [-0.25, -0.2) is 4.79 Å². The van der Waals surface area contributed by atoms with Crippen molar-refractivity contribution in [2.24, 2.45) is 23.7 Å². The van der Waals surface area contributed by atoms with Crippen molar-refractivity contribution in [1.29, 1.82) is 0 Å². The molecule has 4 bridgehead atoms. The third-order valence-electron chi connectivity index (χ3n) is 5.02. The third-order valence-corrected chi connectivity index (χ3v) is 5.02. The van der Waals surface area contributed by atoms with Gasteiger partial charge in [0.2, 0.25) is 0 Å². The van der Waals surface area contributed by atoms with E-state index in [1.807, 2.05) is 0 Å². The average molecular weight is 258 g/mol. The van der Waals surface area contributed by atoms with E-state index >= 15 is 0 Å². The Balaban J connectivity index is 0.000000117. The quantitative estimate of drug-likeness (QED) is 0.819. The number of carboxylic acid groups (broad SMARTS) is 1. The summed E-state index contributed by atoms with van der Waals surface area (Å²) in [5.41, 5.74) is 0.331. The molecule has 2 nitrogen and oxygen atoms in total. The van der Waals surface area contributed by atoms with Crippen LogP contribution in [0.5, 0.6) is 0 Å². The molecule has 5 rings (SSSR count). The summed E-state index contributed by atoms with van der Waals surface area (Å²) in [6.45, 7) is 0. The maximum atomic E-state index is 10.2. The zero-order valence-corrected chi connectivity index (χ0v) is 11.3. The molecule has 0 radical (unpaired) electrons. The van der Waals surface area contributed by atoms with E-state index in [2.05, 4.69) is 0 Å². The lowest BCUT2D eigenvalue weighted by Gasteiger charge is -2.49. The fourth-order valence-electron chi connectivity index (χ4n) is 4.56. The van der Waals surface area contributed by atoms with Gasteiger partial charge in [0.05, 0.1) is 5.56 Å². The van der Waals surface area contributed by atoms with Crippen molar-refractivity contribution in [3.05, 3.63) is 35.9 Å². The van der Waals surface area contributed by atoms with E-state index in [-0.39, 0.29) is 0 Å². The van der Waals surface area contributed by atoms with E-state index < -0.39 is 5.97 Å². The summed E-state index contributed by atoms with van der Waals surface area (Å²) in [5.74, 6) is 3.83. The van der Waals surface area contributed by atoms with Crippen molar-refractivity contribution in [1.82, 2.24) is 0 Å². The summed E-state index contributed by atoms with van der Waals surface area (Å²) in [6, 6.07) is 8.30. The minimum atomic E-state index is -0.879. The summed E-state index contributed by atoms with van der Waals surface area (Å²) in [4.78, 5) is 10.2. The monoisotopic (exact) mass is 258 g/mol. The maximum absolute atomic E-state index is 10.2. The lowest BCUT2D eigenvalue weighted by Crippen LogP contribution is -2.38. The molecule has 0 atom stereocenters. The van der Waals surface area contributed by atoms with E-state index in [1.54, 1.807) is 68.9 Å². The number of benzene rings is 1. The Hall–Kier alpha value is -1.31. The minimum Gasteiger partial charge on any atom is -0.478 e. The molecule has 0 saturated heterocycles. The molecule has 1 N–H and O–H groups in total. The van der Waals surface area contributed by atoms with Crippen LogP contribution in [0, 0.1) is 23.7 Å². The molecule has 0 spiro atoms. The molecule has 1 aromatic rings. The number of rotatable bonds is 1. The van der Waals surface area contributed by atoms with Gasteiger partial charge in [-0.15, -0.1) is 0 Å². The highest BCUT2D eigenvalue weighted by Crippen LogP contribution is 2.53. The van der Waals surface area contributed by atoms with E-state index in [4.69, 9.17) is 5.11 Å². The highest BCUT2D eigenvalue weighted by atomic mass is 16.4. The summed E-state index contributed by atoms with van der Waals surface area (Å²) in [5, 5.41) is 8.38. The SMILES string of the molecule is C1C2CC3CC1CC(C2)C3.O=C(O)c1ccccc1. The van der Waals surface area contributed by atoms with Crippen molar-refractivity contribution in [3.8, 4) is 0 Å². The highest BCUT2D eigenvalue weighted by Gasteiger charge is 2.41. The topological polar surface area (TPSA) is 37.3 Å². The van der Waals surface area contributed by atoms with Crippen LogP contribution in [0.1, 0.15) is 48.9 Å². The zero-order chi connectivity index (χ0) is 13.2. The average Bonchev–Trinajstić information content (AvgIpc) is 2.39. The standard InChI is InChI=1S/C10H16.C7H6O2/c1-7-2-9-4-8(1)5-10(3-7)6-9;8-7(9)6-4-2-1-3-5-6/h7-10H,1-6H2;1-5H,(H,8,9). The molecule has 0 aromatic heterocycles. The molecule has 0 amide bonds. The van der Waals surface area contributed by atoms with Crippen molar-refractivity contribution >= 4 is 5.97 Å². The first-order valence-electron chi connectivity index (χ1n) is 7.49. The first-order chi connectivity index (χ1) is 9.20. The molecule has 102 valence electrons. The number of aromatic carboxylic acids is 1. The Morgan fingerprint density at radius 1 is 0.789 bits per heavy atom. The van der Waals surface area contributed by atoms with E-state index in [1.165, 1.54) is 23.7 Å².